The Hall–Kier alpha value is -1.84. The van der Waals surface area contributed by atoms with E-state index in [0.29, 0.717) is 6.42 Å². The fourth-order valence-corrected chi connectivity index (χ4v) is 4.17. The Morgan fingerprint density at radius 2 is 1.86 bits per heavy atom. The molecule has 0 amide bonds. The summed E-state index contributed by atoms with van der Waals surface area (Å²) in [7, 11) is 0. The van der Waals surface area contributed by atoms with Gasteiger partial charge in [0.05, 0.1) is 11.1 Å². The lowest BCUT2D eigenvalue weighted by Crippen LogP contribution is -2.40. The van der Waals surface area contributed by atoms with Crippen LogP contribution in [0.5, 0.6) is 0 Å². The molecule has 0 heterocycles. The SMILES string of the molecule is CC1(C)[C@]2(C(=O)O)CC[C@@]1(C)/C(=N\Nc1ccccc1)C2. The summed E-state index contributed by atoms with van der Waals surface area (Å²) in [6, 6.07) is 9.77. The molecule has 1 aromatic rings. The lowest BCUT2D eigenvalue weighted by molar-refractivity contribution is -0.154. The van der Waals surface area contributed by atoms with Gasteiger partial charge in [-0.2, -0.15) is 5.10 Å². The highest BCUT2D eigenvalue weighted by Gasteiger charge is 2.71. The van der Waals surface area contributed by atoms with Crippen LogP contribution in [0.25, 0.3) is 0 Å². The van der Waals surface area contributed by atoms with Gasteiger partial charge >= 0.3 is 5.97 Å². The van der Waals surface area contributed by atoms with Crippen LogP contribution in [0.4, 0.5) is 5.69 Å². The number of carboxylic acid groups (broad SMARTS) is 1. The van der Waals surface area contributed by atoms with Crippen molar-refractivity contribution in [3.63, 3.8) is 0 Å². The molecule has 2 saturated carbocycles. The van der Waals surface area contributed by atoms with E-state index in [1.54, 1.807) is 0 Å². The smallest absolute Gasteiger partial charge is 0.310 e. The molecule has 0 saturated heterocycles. The van der Waals surface area contributed by atoms with Gasteiger partial charge in [0.1, 0.15) is 0 Å². The number of rotatable bonds is 3. The van der Waals surface area contributed by atoms with Gasteiger partial charge in [-0.1, -0.05) is 39.0 Å². The van der Waals surface area contributed by atoms with Crippen molar-refractivity contribution >= 4 is 17.4 Å². The Labute approximate surface area is 125 Å². The van der Waals surface area contributed by atoms with E-state index in [4.69, 9.17) is 0 Å². The summed E-state index contributed by atoms with van der Waals surface area (Å²) in [5, 5.41) is 14.3. The number of fused-ring (bicyclic) bond motifs is 2. The molecule has 112 valence electrons. The molecule has 0 aliphatic heterocycles. The van der Waals surface area contributed by atoms with Crippen LogP contribution in [0, 0.1) is 16.2 Å². The van der Waals surface area contributed by atoms with Gasteiger partial charge in [0, 0.05) is 17.5 Å². The van der Waals surface area contributed by atoms with Crippen molar-refractivity contribution in [2.75, 3.05) is 5.43 Å². The van der Waals surface area contributed by atoms with Crippen LogP contribution in [-0.4, -0.2) is 16.8 Å². The summed E-state index contributed by atoms with van der Waals surface area (Å²) in [5.41, 5.74) is 3.92. The second-order valence-corrected chi connectivity index (χ2v) is 7.06. The Morgan fingerprint density at radius 3 is 2.43 bits per heavy atom. The summed E-state index contributed by atoms with van der Waals surface area (Å²) in [4.78, 5) is 11.9. The monoisotopic (exact) mass is 286 g/mol. The van der Waals surface area contributed by atoms with Crippen molar-refractivity contribution in [1.82, 2.24) is 0 Å². The summed E-state index contributed by atoms with van der Waals surface area (Å²) < 4.78 is 0. The van der Waals surface area contributed by atoms with Crippen LogP contribution >= 0.6 is 0 Å². The molecule has 3 rings (SSSR count). The number of hydrogen-bond acceptors (Lipinski definition) is 3. The first-order valence-electron chi connectivity index (χ1n) is 7.45. The lowest BCUT2D eigenvalue weighted by atomic mass is 9.65. The maximum Gasteiger partial charge on any atom is 0.310 e. The van der Waals surface area contributed by atoms with E-state index in [1.807, 2.05) is 30.3 Å². The van der Waals surface area contributed by atoms with Gasteiger partial charge in [0.25, 0.3) is 0 Å². The van der Waals surface area contributed by atoms with E-state index < -0.39 is 11.4 Å². The number of nitrogens with one attached hydrogen (secondary N) is 1. The molecule has 0 spiro atoms. The molecule has 0 unspecified atom stereocenters. The maximum absolute atomic E-state index is 11.9. The standard InChI is InChI=1S/C17H22N2O2/c1-15(2)16(3)9-10-17(15,14(20)21)11-13(16)19-18-12-7-5-4-6-8-12/h4-8,18H,9-11H2,1-3H3,(H,20,21)/b19-13-/t16-,17+/m0/s1. The number of para-hydroxylation sites is 1. The van der Waals surface area contributed by atoms with Crippen molar-refractivity contribution in [2.24, 2.45) is 21.3 Å². The van der Waals surface area contributed by atoms with Crippen LogP contribution in [0.2, 0.25) is 0 Å². The van der Waals surface area contributed by atoms with Gasteiger partial charge in [0.2, 0.25) is 0 Å². The van der Waals surface area contributed by atoms with Crippen LogP contribution in [0.3, 0.4) is 0 Å². The quantitative estimate of drug-likeness (QED) is 0.832. The predicted octanol–water partition coefficient (Wildman–Crippen LogP) is 3.76. The maximum atomic E-state index is 11.9. The third kappa shape index (κ3) is 1.68. The Balaban J connectivity index is 1.94. The molecule has 21 heavy (non-hydrogen) atoms. The number of nitrogens with zero attached hydrogens (tertiary/aromatic N) is 1. The Kier molecular flexibility index (Phi) is 2.91. The number of carbonyl (C=O) groups is 1. The van der Waals surface area contributed by atoms with E-state index in [2.05, 4.69) is 31.3 Å². The molecule has 2 atom stereocenters. The van der Waals surface area contributed by atoms with Crippen LogP contribution < -0.4 is 5.43 Å². The zero-order valence-corrected chi connectivity index (χ0v) is 12.8. The summed E-state index contributed by atoms with van der Waals surface area (Å²) in [6.45, 7) is 6.33. The van der Waals surface area contributed by atoms with E-state index in [-0.39, 0.29) is 10.8 Å². The van der Waals surface area contributed by atoms with Gasteiger partial charge in [-0.05, 0) is 30.4 Å². The van der Waals surface area contributed by atoms with Crippen LogP contribution in [0.1, 0.15) is 40.0 Å². The van der Waals surface area contributed by atoms with E-state index in [0.717, 1.165) is 24.2 Å². The molecule has 2 aliphatic carbocycles. The number of carboxylic acids is 1. The molecule has 1 aromatic carbocycles. The molecule has 2 bridgehead atoms. The van der Waals surface area contributed by atoms with Crippen molar-refractivity contribution in [3.05, 3.63) is 30.3 Å². The molecule has 4 nitrogen and oxygen atoms in total. The minimum atomic E-state index is -0.680. The van der Waals surface area contributed by atoms with Gasteiger partial charge in [0.15, 0.2) is 0 Å². The molecule has 4 heteroatoms. The van der Waals surface area contributed by atoms with Crippen molar-refractivity contribution in [2.45, 2.75) is 40.0 Å². The number of hydrazone groups is 1. The molecule has 0 radical (unpaired) electrons. The number of aliphatic carboxylic acids is 1. The van der Waals surface area contributed by atoms with Gasteiger partial charge < -0.3 is 5.11 Å². The van der Waals surface area contributed by atoms with Crippen LogP contribution in [0.15, 0.2) is 35.4 Å². The fourth-order valence-electron chi connectivity index (χ4n) is 4.17. The summed E-state index contributed by atoms with van der Waals surface area (Å²) in [6.07, 6.45) is 2.18. The van der Waals surface area contributed by atoms with E-state index >= 15 is 0 Å². The number of anilines is 1. The highest BCUT2D eigenvalue weighted by molar-refractivity contribution is 6.01. The predicted molar refractivity (Wildman–Crippen MR) is 83.3 cm³/mol. The highest BCUT2D eigenvalue weighted by atomic mass is 16.4. The summed E-state index contributed by atoms with van der Waals surface area (Å²) >= 11 is 0. The zero-order chi connectivity index (χ0) is 15.3. The van der Waals surface area contributed by atoms with Crippen molar-refractivity contribution in [3.8, 4) is 0 Å². The lowest BCUT2D eigenvalue weighted by Gasteiger charge is -2.37. The van der Waals surface area contributed by atoms with Crippen LogP contribution in [-0.2, 0) is 4.79 Å². The summed E-state index contributed by atoms with van der Waals surface area (Å²) in [5.74, 6) is -0.680. The number of hydrogen-bond donors (Lipinski definition) is 2. The molecule has 2 N–H and O–H groups in total. The molecular weight excluding hydrogens is 264 g/mol. The second kappa shape index (κ2) is 4.33. The first-order valence-corrected chi connectivity index (χ1v) is 7.45. The van der Waals surface area contributed by atoms with Crippen molar-refractivity contribution in [1.29, 1.82) is 0 Å². The largest absolute Gasteiger partial charge is 0.481 e. The third-order valence-corrected chi connectivity index (χ3v) is 6.24. The second-order valence-electron chi connectivity index (χ2n) is 7.06. The molecule has 2 aliphatic rings. The molecule has 2 fully saturated rings. The molecule has 0 aromatic heterocycles. The fraction of sp³-hybridized carbons (Fsp3) is 0.529. The molecular formula is C17H22N2O2. The highest BCUT2D eigenvalue weighted by Crippen LogP contribution is 2.70. The van der Waals surface area contributed by atoms with Gasteiger partial charge in [-0.25, -0.2) is 0 Å². The average Bonchev–Trinajstić information content (AvgIpc) is 2.76. The third-order valence-electron chi connectivity index (χ3n) is 6.24. The van der Waals surface area contributed by atoms with E-state index in [1.165, 1.54) is 0 Å². The zero-order valence-electron chi connectivity index (χ0n) is 12.8. The average molecular weight is 286 g/mol. The topological polar surface area (TPSA) is 61.7 Å². The van der Waals surface area contributed by atoms with E-state index in [9.17, 15) is 9.90 Å². The minimum absolute atomic E-state index is 0.146. The normalized spacial score (nSPS) is 35.1. The first-order chi connectivity index (χ1) is 9.83. The van der Waals surface area contributed by atoms with Gasteiger partial charge in [-0.15, -0.1) is 0 Å². The van der Waals surface area contributed by atoms with Gasteiger partial charge in [-0.3, -0.25) is 10.2 Å². The number of benzene rings is 1. The minimum Gasteiger partial charge on any atom is -0.481 e. The first kappa shape index (κ1) is 14.1. The van der Waals surface area contributed by atoms with Crippen molar-refractivity contribution < 1.29 is 9.90 Å². The Morgan fingerprint density at radius 1 is 1.19 bits per heavy atom. The Bertz CT molecular complexity index is 608.